The molecule has 1 aromatic carbocycles. The van der Waals surface area contributed by atoms with Gasteiger partial charge >= 0.3 is 7.12 Å². The minimum absolute atomic E-state index is 0.109. The first-order valence-corrected chi connectivity index (χ1v) is 7.19. The Labute approximate surface area is 127 Å². The fourth-order valence-electron chi connectivity index (χ4n) is 2.21. The van der Waals surface area contributed by atoms with Crippen LogP contribution in [0.5, 0.6) is 0 Å². The molecule has 0 aliphatic carbocycles. The van der Waals surface area contributed by atoms with Crippen LogP contribution >= 0.6 is 0 Å². The highest BCUT2D eigenvalue weighted by molar-refractivity contribution is 6.55. The zero-order valence-electron chi connectivity index (χ0n) is 13.2. The highest BCUT2D eigenvalue weighted by Gasteiger charge is 2.52. The number of rotatable bonds is 4. The first kappa shape index (κ1) is 16.0. The van der Waals surface area contributed by atoms with Crippen molar-refractivity contribution < 1.29 is 14.4 Å². The van der Waals surface area contributed by atoms with Crippen molar-refractivity contribution in [2.45, 2.75) is 38.9 Å². The summed E-state index contributed by atoms with van der Waals surface area (Å²) in [7, 11) is -0.530. The summed E-state index contributed by atoms with van der Waals surface area (Å²) in [5.74, 6) is 0. The second kappa shape index (κ2) is 5.80. The van der Waals surface area contributed by atoms with Crippen LogP contribution in [0.4, 0.5) is 0 Å². The van der Waals surface area contributed by atoms with Gasteiger partial charge in [-0.15, -0.1) is 0 Å². The Kier molecular flexibility index (Phi) is 4.42. The lowest BCUT2D eigenvalue weighted by Gasteiger charge is -2.32. The Morgan fingerprint density at radius 1 is 1.14 bits per heavy atom. The van der Waals surface area contributed by atoms with E-state index >= 15 is 0 Å². The summed E-state index contributed by atoms with van der Waals surface area (Å²) in [6.07, 6.45) is 3.71. The first-order chi connectivity index (χ1) is 9.80. The van der Waals surface area contributed by atoms with Crippen molar-refractivity contribution in [2.24, 2.45) is 0 Å². The normalized spacial score (nSPS) is 20.6. The summed E-state index contributed by atoms with van der Waals surface area (Å²) in [6.45, 7) is 11.7. The number of aliphatic hydroxyl groups is 1. The molecule has 1 aliphatic heterocycles. The summed E-state index contributed by atoms with van der Waals surface area (Å²) in [5, 5.41) is 9.70. The number of hydrogen-bond donors (Lipinski definition) is 1. The van der Waals surface area contributed by atoms with Crippen molar-refractivity contribution in [1.29, 1.82) is 0 Å². The van der Waals surface area contributed by atoms with E-state index in [-0.39, 0.29) is 6.61 Å². The van der Waals surface area contributed by atoms with Gasteiger partial charge in [0.25, 0.3) is 0 Å². The van der Waals surface area contributed by atoms with Crippen molar-refractivity contribution in [3.05, 3.63) is 47.4 Å². The molecular weight excluding hydrogens is 263 g/mol. The molecule has 1 N–H and O–H groups in total. The Balaban J connectivity index is 2.33. The van der Waals surface area contributed by atoms with E-state index < -0.39 is 18.3 Å². The predicted molar refractivity (Wildman–Crippen MR) is 87.7 cm³/mol. The second-order valence-corrected chi connectivity index (χ2v) is 6.30. The number of aliphatic hydroxyl groups excluding tert-OH is 1. The van der Waals surface area contributed by atoms with Crippen LogP contribution in [0.2, 0.25) is 0 Å². The molecule has 1 aromatic rings. The summed E-state index contributed by atoms with van der Waals surface area (Å²) >= 11 is 0. The molecule has 112 valence electrons. The summed E-state index contributed by atoms with van der Waals surface area (Å²) < 4.78 is 12.0. The topological polar surface area (TPSA) is 38.7 Å². The third kappa shape index (κ3) is 3.13. The molecule has 0 saturated carbocycles. The Hall–Kier alpha value is -1.36. The molecule has 0 radical (unpaired) electrons. The number of benzene rings is 1. The molecular formula is C17H23BO3. The van der Waals surface area contributed by atoms with Gasteiger partial charge in [-0.3, -0.25) is 0 Å². The molecule has 1 saturated heterocycles. The van der Waals surface area contributed by atoms with Gasteiger partial charge in [0.15, 0.2) is 0 Å². The lowest BCUT2D eigenvalue weighted by molar-refractivity contribution is 0.00578. The minimum atomic E-state index is -0.530. The van der Waals surface area contributed by atoms with Crippen molar-refractivity contribution in [3.63, 3.8) is 0 Å². The molecule has 1 heterocycles. The standard InChI is InChI=1S/C17H23BO3/c1-6-13-9-7-8-10-14(13)11-15(12-19)18-20-16(2,3)17(4,5)21-18/h6-11,19H,1,12H2,2-5H3. The monoisotopic (exact) mass is 286 g/mol. The van der Waals surface area contributed by atoms with Crippen LogP contribution in [-0.2, 0) is 9.31 Å². The quantitative estimate of drug-likeness (QED) is 0.863. The van der Waals surface area contributed by atoms with Gasteiger partial charge in [-0.05, 0) is 44.3 Å². The van der Waals surface area contributed by atoms with Gasteiger partial charge in [-0.25, -0.2) is 0 Å². The molecule has 2 rings (SSSR count). The first-order valence-electron chi connectivity index (χ1n) is 7.19. The Bertz CT molecular complexity index is 545. The molecule has 4 heteroatoms. The van der Waals surface area contributed by atoms with Crippen molar-refractivity contribution in [3.8, 4) is 0 Å². The van der Waals surface area contributed by atoms with Gasteiger partial charge in [-0.1, -0.05) is 43.0 Å². The van der Waals surface area contributed by atoms with Gasteiger partial charge in [0.1, 0.15) is 0 Å². The SMILES string of the molecule is C=Cc1ccccc1C=C(CO)B1OC(C)(C)C(C)(C)O1. The molecule has 0 aromatic heterocycles. The van der Waals surface area contributed by atoms with Gasteiger partial charge in [-0.2, -0.15) is 0 Å². The largest absolute Gasteiger partial charge is 0.492 e. The maximum Gasteiger partial charge on any atom is 0.492 e. The molecule has 0 amide bonds. The highest BCUT2D eigenvalue weighted by atomic mass is 16.7. The van der Waals surface area contributed by atoms with Crippen LogP contribution in [0, 0.1) is 0 Å². The van der Waals surface area contributed by atoms with Crippen LogP contribution in [0.15, 0.2) is 36.3 Å². The average molecular weight is 286 g/mol. The van der Waals surface area contributed by atoms with E-state index in [9.17, 15) is 5.11 Å². The fourth-order valence-corrected chi connectivity index (χ4v) is 2.21. The van der Waals surface area contributed by atoms with E-state index in [0.717, 1.165) is 11.1 Å². The Morgan fingerprint density at radius 3 is 2.14 bits per heavy atom. The van der Waals surface area contributed by atoms with Gasteiger partial charge in [0, 0.05) is 0 Å². The lowest BCUT2D eigenvalue weighted by atomic mass is 9.77. The van der Waals surface area contributed by atoms with Crippen LogP contribution < -0.4 is 0 Å². The molecule has 0 spiro atoms. The minimum Gasteiger partial charge on any atom is -0.400 e. The molecule has 0 unspecified atom stereocenters. The molecule has 1 aliphatic rings. The fraction of sp³-hybridized carbons (Fsp3) is 0.412. The maximum atomic E-state index is 9.70. The van der Waals surface area contributed by atoms with E-state index in [0.29, 0.717) is 5.47 Å². The van der Waals surface area contributed by atoms with Crippen LogP contribution in [0.1, 0.15) is 38.8 Å². The third-order valence-electron chi connectivity index (χ3n) is 4.30. The highest BCUT2D eigenvalue weighted by Crippen LogP contribution is 2.38. The van der Waals surface area contributed by atoms with Crippen LogP contribution in [0.25, 0.3) is 12.2 Å². The van der Waals surface area contributed by atoms with Crippen LogP contribution in [-0.4, -0.2) is 30.0 Å². The van der Waals surface area contributed by atoms with Crippen molar-refractivity contribution in [2.75, 3.05) is 6.61 Å². The van der Waals surface area contributed by atoms with Crippen molar-refractivity contribution in [1.82, 2.24) is 0 Å². The van der Waals surface area contributed by atoms with Crippen LogP contribution in [0.3, 0.4) is 0 Å². The average Bonchev–Trinajstić information content (AvgIpc) is 2.65. The lowest BCUT2D eigenvalue weighted by Crippen LogP contribution is -2.41. The van der Waals surface area contributed by atoms with Gasteiger partial charge in [0.05, 0.1) is 17.8 Å². The van der Waals surface area contributed by atoms with Gasteiger partial charge < -0.3 is 14.4 Å². The second-order valence-electron chi connectivity index (χ2n) is 6.30. The molecule has 3 nitrogen and oxygen atoms in total. The van der Waals surface area contributed by atoms with E-state index in [1.165, 1.54) is 0 Å². The molecule has 0 atom stereocenters. The van der Waals surface area contributed by atoms with Crippen molar-refractivity contribution >= 4 is 19.3 Å². The summed E-state index contributed by atoms with van der Waals surface area (Å²) in [5.41, 5.74) is 1.89. The smallest absolute Gasteiger partial charge is 0.400 e. The van der Waals surface area contributed by atoms with E-state index in [1.807, 2.05) is 58.0 Å². The third-order valence-corrected chi connectivity index (χ3v) is 4.30. The van der Waals surface area contributed by atoms with E-state index in [4.69, 9.17) is 9.31 Å². The molecule has 1 fully saturated rings. The van der Waals surface area contributed by atoms with E-state index in [1.54, 1.807) is 6.08 Å². The Morgan fingerprint density at radius 2 is 1.67 bits per heavy atom. The molecule has 21 heavy (non-hydrogen) atoms. The summed E-state index contributed by atoms with van der Waals surface area (Å²) in [6, 6.07) is 7.88. The maximum absolute atomic E-state index is 9.70. The zero-order chi connectivity index (χ0) is 15.7. The zero-order valence-corrected chi connectivity index (χ0v) is 13.2. The van der Waals surface area contributed by atoms with E-state index in [2.05, 4.69) is 6.58 Å². The van der Waals surface area contributed by atoms with Gasteiger partial charge in [0.2, 0.25) is 0 Å². The predicted octanol–water partition coefficient (Wildman–Crippen LogP) is 3.34. The number of hydrogen-bond acceptors (Lipinski definition) is 3. The summed E-state index contributed by atoms with van der Waals surface area (Å²) in [4.78, 5) is 0. The molecule has 0 bridgehead atoms.